The van der Waals surface area contributed by atoms with Crippen molar-refractivity contribution in [1.29, 1.82) is 5.26 Å². The Kier molecular flexibility index (Phi) is 4.36. The van der Waals surface area contributed by atoms with E-state index in [1.807, 2.05) is 45.0 Å². The molecule has 2 aliphatic rings. The van der Waals surface area contributed by atoms with Crippen molar-refractivity contribution in [3.63, 3.8) is 0 Å². The molecule has 148 valence electrons. The highest BCUT2D eigenvalue weighted by Crippen LogP contribution is 2.47. The molecule has 4 rings (SSSR count). The Morgan fingerprint density at radius 3 is 2.62 bits per heavy atom. The Morgan fingerprint density at radius 2 is 1.97 bits per heavy atom. The van der Waals surface area contributed by atoms with Crippen molar-refractivity contribution in [2.75, 3.05) is 14.2 Å². The second kappa shape index (κ2) is 6.64. The van der Waals surface area contributed by atoms with Gasteiger partial charge in [0.1, 0.15) is 17.0 Å². The molecule has 2 aliphatic heterocycles. The maximum atomic E-state index is 13.4. The topological polar surface area (TPSA) is 65.8 Å². The van der Waals surface area contributed by atoms with E-state index in [0.717, 1.165) is 28.1 Å². The van der Waals surface area contributed by atoms with Gasteiger partial charge in [-0.2, -0.15) is 5.26 Å². The lowest BCUT2D eigenvalue weighted by Gasteiger charge is -2.42. The van der Waals surface area contributed by atoms with Gasteiger partial charge in [-0.05, 0) is 50.1 Å². The van der Waals surface area contributed by atoms with Crippen LogP contribution in [-0.4, -0.2) is 35.6 Å². The lowest BCUT2D eigenvalue weighted by Crippen LogP contribution is -2.44. The smallest absolute Gasteiger partial charge is 0.259 e. The number of hydrogen-bond donors (Lipinski definition) is 0. The molecule has 2 heterocycles. The van der Waals surface area contributed by atoms with Crippen LogP contribution in [0.4, 0.5) is 0 Å². The Labute approximate surface area is 170 Å². The maximum Gasteiger partial charge on any atom is 0.259 e. The SMILES string of the molecule is CON(C)C1=C(N2Cc3ccccc3C2=O)c2c(ccc(C#N)c2C)OC1(C)C. The van der Waals surface area contributed by atoms with Crippen LogP contribution in [0.2, 0.25) is 0 Å². The quantitative estimate of drug-likeness (QED) is 0.746. The third-order valence-electron chi connectivity index (χ3n) is 5.62. The predicted octanol–water partition coefficient (Wildman–Crippen LogP) is 3.86. The van der Waals surface area contributed by atoms with Gasteiger partial charge in [0.05, 0.1) is 31.0 Å². The number of fused-ring (bicyclic) bond motifs is 2. The van der Waals surface area contributed by atoms with E-state index >= 15 is 0 Å². The van der Waals surface area contributed by atoms with Gasteiger partial charge in [-0.1, -0.05) is 18.2 Å². The summed E-state index contributed by atoms with van der Waals surface area (Å²) in [4.78, 5) is 20.7. The van der Waals surface area contributed by atoms with E-state index in [0.29, 0.717) is 23.4 Å². The lowest BCUT2D eigenvalue weighted by atomic mass is 9.89. The van der Waals surface area contributed by atoms with Gasteiger partial charge in [-0.3, -0.25) is 14.7 Å². The summed E-state index contributed by atoms with van der Waals surface area (Å²) in [6.07, 6.45) is 0. The van der Waals surface area contributed by atoms with Crippen molar-refractivity contribution in [2.45, 2.75) is 32.9 Å². The van der Waals surface area contributed by atoms with Gasteiger partial charge in [0.25, 0.3) is 5.91 Å². The first-order chi connectivity index (χ1) is 13.8. The molecule has 29 heavy (non-hydrogen) atoms. The molecule has 0 aromatic heterocycles. The molecule has 0 saturated carbocycles. The van der Waals surface area contributed by atoms with E-state index in [1.54, 1.807) is 36.3 Å². The minimum atomic E-state index is -0.747. The fraction of sp³-hybridized carbons (Fsp3) is 0.304. The second-order valence-corrected chi connectivity index (χ2v) is 7.76. The maximum absolute atomic E-state index is 13.4. The lowest BCUT2D eigenvalue weighted by molar-refractivity contribution is -0.103. The van der Waals surface area contributed by atoms with E-state index in [9.17, 15) is 10.1 Å². The summed E-state index contributed by atoms with van der Waals surface area (Å²) in [7, 11) is 3.37. The van der Waals surface area contributed by atoms with Crippen molar-refractivity contribution in [3.8, 4) is 11.8 Å². The number of carbonyl (C=O) groups is 1. The first-order valence-corrected chi connectivity index (χ1v) is 9.45. The molecular formula is C23H23N3O3. The van der Waals surface area contributed by atoms with E-state index in [-0.39, 0.29) is 5.91 Å². The van der Waals surface area contributed by atoms with Gasteiger partial charge in [0.2, 0.25) is 0 Å². The Bertz CT molecular complexity index is 1100. The van der Waals surface area contributed by atoms with Gasteiger partial charge >= 0.3 is 0 Å². The van der Waals surface area contributed by atoms with Crippen LogP contribution in [-0.2, 0) is 11.4 Å². The normalized spacial score (nSPS) is 16.8. The fourth-order valence-corrected chi connectivity index (χ4v) is 4.23. The summed E-state index contributed by atoms with van der Waals surface area (Å²) in [5, 5.41) is 11.2. The van der Waals surface area contributed by atoms with Crippen molar-refractivity contribution in [1.82, 2.24) is 9.96 Å². The number of nitriles is 1. The highest BCUT2D eigenvalue weighted by Gasteiger charge is 2.44. The van der Waals surface area contributed by atoms with Gasteiger partial charge in [0.15, 0.2) is 0 Å². The second-order valence-electron chi connectivity index (χ2n) is 7.76. The van der Waals surface area contributed by atoms with E-state index < -0.39 is 5.60 Å². The van der Waals surface area contributed by atoms with Crippen LogP contribution in [0.25, 0.3) is 5.70 Å². The number of carbonyl (C=O) groups excluding carboxylic acids is 1. The largest absolute Gasteiger partial charge is 0.481 e. The van der Waals surface area contributed by atoms with Crippen molar-refractivity contribution in [3.05, 3.63) is 69.9 Å². The molecule has 0 fully saturated rings. The molecule has 1 amide bonds. The van der Waals surface area contributed by atoms with Gasteiger partial charge < -0.3 is 9.64 Å². The molecule has 0 aliphatic carbocycles. The van der Waals surface area contributed by atoms with E-state index in [4.69, 9.17) is 9.57 Å². The van der Waals surface area contributed by atoms with Crippen LogP contribution in [0, 0.1) is 18.3 Å². The molecule has 0 saturated heterocycles. The van der Waals surface area contributed by atoms with Gasteiger partial charge in [0, 0.05) is 18.2 Å². The van der Waals surface area contributed by atoms with Gasteiger partial charge in [-0.25, -0.2) is 0 Å². The third kappa shape index (κ3) is 2.78. The molecule has 6 nitrogen and oxygen atoms in total. The molecule has 2 aromatic rings. The zero-order valence-electron chi connectivity index (χ0n) is 17.2. The molecular weight excluding hydrogens is 366 g/mol. The molecule has 6 heteroatoms. The standard InChI is InChI=1S/C23H23N3O3/c1-14-15(12-24)10-11-18-19(14)20(21(25(4)28-5)23(2,3)29-18)26-13-16-8-6-7-9-17(16)22(26)27/h6-11H,13H2,1-5H3. The molecule has 0 bridgehead atoms. The number of ether oxygens (including phenoxy) is 1. The Morgan fingerprint density at radius 1 is 1.24 bits per heavy atom. The summed E-state index contributed by atoms with van der Waals surface area (Å²) in [5.74, 6) is 0.585. The van der Waals surface area contributed by atoms with Crippen LogP contribution in [0.5, 0.6) is 5.75 Å². The first-order valence-electron chi connectivity index (χ1n) is 9.45. The Balaban J connectivity index is 2.03. The number of hydrogen-bond acceptors (Lipinski definition) is 5. The third-order valence-corrected chi connectivity index (χ3v) is 5.62. The number of benzene rings is 2. The summed E-state index contributed by atoms with van der Waals surface area (Å²) in [6, 6.07) is 13.4. The average Bonchev–Trinajstić information content (AvgIpc) is 3.03. The molecule has 0 unspecified atom stereocenters. The van der Waals surface area contributed by atoms with Crippen LogP contribution >= 0.6 is 0 Å². The number of likely N-dealkylation sites (N-methyl/N-ethyl adjacent to an activating group) is 1. The first kappa shape index (κ1) is 19.0. The zero-order valence-corrected chi connectivity index (χ0v) is 17.2. The molecule has 0 spiro atoms. The van der Waals surface area contributed by atoms with Crippen molar-refractivity contribution >= 4 is 11.6 Å². The fourth-order valence-electron chi connectivity index (χ4n) is 4.23. The summed E-state index contributed by atoms with van der Waals surface area (Å²) in [5.41, 5.74) is 4.45. The number of rotatable bonds is 3. The zero-order chi connectivity index (χ0) is 20.9. The summed E-state index contributed by atoms with van der Waals surface area (Å²) < 4.78 is 6.31. The molecule has 2 aromatic carbocycles. The van der Waals surface area contributed by atoms with Gasteiger partial charge in [-0.15, -0.1) is 0 Å². The average molecular weight is 389 g/mol. The van der Waals surface area contributed by atoms with E-state index in [2.05, 4.69) is 6.07 Å². The monoisotopic (exact) mass is 389 g/mol. The minimum absolute atomic E-state index is 0.0667. The number of nitrogens with zero attached hydrogens (tertiary/aromatic N) is 3. The van der Waals surface area contributed by atoms with Crippen molar-refractivity contribution < 1.29 is 14.4 Å². The van der Waals surface area contributed by atoms with Crippen LogP contribution < -0.4 is 4.74 Å². The highest BCUT2D eigenvalue weighted by molar-refractivity contribution is 6.04. The number of hydroxylamine groups is 2. The summed E-state index contributed by atoms with van der Waals surface area (Å²) in [6.45, 7) is 6.23. The van der Waals surface area contributed by atoms with Crippen LogP contribution in [0.3, 0.4) is 0 Å². The number of amides is 1. The summed E-state index contributed by atoms with van der Waals surface area (Å²) >= 11 is 0. The van der Waals surface area contributed by atoms with Crippen LogP contribution in [0.1, 0.15) is 46.5 Å². The van der Waals surface area contributed by atoms with Crippen LogP contribution in [0.15, 0.2) is 42.1 Å². The predicted molar refractivity (Wildman–Crippen MR) is 109 cm³/mol. The van der Waals surface area contributed by atoms with E-state index in [1.165, 1.54) is 0 Å². The Hall–Kier alpha value is -3.30. The molecule has 0 N–H and O–H groups in total. The molecule has 0 radical (unpaired) electrons. The highest BCUT2D eigenvalue weighted by atomic mass is 16.7. The van der Waals surface area contributed by atoms with Crippen molar-refractivity contribution in [2.24, 2.45) is 0 Å². The molecule has 0 atom stereocenters. The minimum Gasteiger partial charge on any atom is -0.481 e.